The third-order valence-corrected chi connectivity index (χ3v) is 6.72. The van der Waals surface area contributed by atoms with Gasteiger partial charge in [0.25, 0.3) is 5.91 Å². The van der Waals surface area contributed by atoms with Gasteiger partial charge in [-0.05, 0) is 24.3 Å². The zero-order chi connectivity index (χ0) is 18.1. The number of hydrogen-bond acceptors (Lipinski definition) is 4. The standard InChI is InChI=1S/C21H27N3OS/c1-15(2)20-22-19(14-26-20)21(25)24-12-17-8-9-18(13-24)23(11-17)10-16-6-4-3-5-7-16/h3-7,14-15,17-18H,8-13H2,1-2H3/t17-,18-/m0/s1. The molecule has 0 saturated carbocycles. The number of thiazole rings is 1. The SMILES string of the molecule is CC(C)c1nc(C(=O)N2C[C@H]3CC[C@@H](C2)N(Cc2ccccc2)C3)cs1. The molecule has 1 aromatic carbocycles. The van der Waals surface area contributed by atoms with Crippen molar-refractivity contribution in [2.24, 2.45) is 5.92 Å². The van der Waals surface area contributed by atoms with Gasteiger partial charge in [-0.3, -0.25) is 9.69 Å². The average molecular weight is 370 g/mol. The minimum Gasteiger partial charge on any atom is -0.335 e. The Balaban J connectivity index is 1.47. The van der Waals surface area contributed by atoms with Gasteiger partial charge < -0.3 is 4.90 Å². The number of amides is 1. The minimum atomic E-state index is 0.117. The minimum absolute atomic E-state index is 0.117. The van der Waals surface area contributed by atoms with Crippen LogP contribution in [-0.2, 0) is 6.54 Å². The molecule has 5 heteroatoms. The lowest BCUT2D eigenvalue weighted by molar-refractivity contribution is 0.0730. The molecule has 2 atom stereocenters. The number of nitrogens with zero attached hydrogens (tertiary/aromatic N) is 3. The Morgan fingerprint density at radius 2 is 2.00 bits per heavy atom. The van der Waals surface area contributed by atoms with Gasteiger partial charge in [-0.1, -0.05) is 44.2 Å². The first-order valence-electron chi connectivity index (χ1n) is 9.63. The zero-order valence-electron chi connectivity index (χ0n) is 15.6. The van der Waals surface area contributed by atoms with Crippen LogP contribution in [-0.4, -0.2) is 46.4 Å². The van der Waals surface area contributed by atoms with Crippen LogP contribution in [0.5, 0.6) is 0 Å². The predicted octanol–water partition coefficient (Wildman–Crippen LogP) is 4.00. The highest BCUT2D eigenvalue weighted by molar-refractivity contribution is 7.09. The Morgan fingerprint density at radius 1 is 1.19 bits per heavy atom. The van der Waals surface area contributed by atoms with Crippen molar-refractivity contribution in [3.63, 3.8) is 0 Å². The smallest absolute Gasteiger partial charge is 0.273 e. The van der Waals surface area contributed by atoms with Gasteiger partial charge >= 0.3 is 0 Å². The normalized spacial score (nSPS) is 23.4. The molecular weight excluding hydrogens is 342 g/mol. The highest BCUT2D eigenvalue weighted by Gasteiger charge is 2.37. The maximum Gasteiger partial charge on any atom is 0.273 e. The van der Waals surface area contributed by atoms with Gasteiger partial charge in [0.2, 0.25) is 0 Å². The molecule has 1 amide bonds. The van der Waals surface area contributed by atoms with E-state index < -0.39 is 0 Å². The molecule has 0 radical (unpaired) electrons. The maximum absolute atomic E-state index is 13.0. The molecular formula is C21H27N3OS. The van der Waals surface area contributed by atoms with Gasteiger partial charge in [-0.15, -0.1) is 11.3 Å². The fraction of sp³-hybridized carbons (Fsp3) is 0.524. The topological polar surface area (TPSA) is 36.4 Å². The van der Waals surface area contributed by atoms with E-state index in [1.165, 1.54) is 18.4 Å². The highest BCUT2D eigenvalue weighted by atomic mass is 32.1. The second-order valence-electron chi connectivity index (χ2n) is 7.95. The summed E-state index contributed by atoms with van der Waals surface area (Å²) in [5.74, 6) is 1.07. The molecule has 1 aromatic heterocycles. The monoisotopic (exact) mass is 369 g/mol. The van der Waals surface area contributed by atoms with E-state index in [9.17, 15) is 4.79 Å². The van der Waals surface area contributed by atoms with E-state index in [0.29, 0.717) is 23.6 Å². The molecule has 0 unspecified atom stereocenters. The Hall–Kier alpha value is -1.72. The summed E-state index contributed by atoms with van der Waals surface area (Å²) < 4.78 is 0. The zero-order valence-corrected chi connectivity index (χ0v) is 16.4. The van der Waals surface area contributed by atoms with Crippen LogP contribution in [0.4, 0.5) is 0 Å². The Morgan fingerprint density at radius 3 is 2.73 bits per heavy atom. The molecule has 138 valence electrons. The molecule has 5 rings (SSSR count). The van der Waals surface area contributed by atoms with Crippen LogP contribution in [0.1, 0.15) is 53.7 Å². The second kappa shape index (κ2) is 7.49. The van der Waals surface area contributed by atoms with Gasteiger partial charge in [0.15, 0.2) is 0 Å². The van der Waals surface area contributed by atoms with Crippen molar-refractivity contribution in [1.82, 2.24) is 14.8 Å². The number of rotatable bonds is 4. The van der Waals surface area contributed by atoms with Gasteiger partial charge in [0.05, 0.1) is 5.01 Å². The Labute approximate surface area is 159 Å². The highest BCUT2D eigenvalue weighted by Crippen LogP contribution is 2.30. The third-order valence-electron chi connectivity index (χ3n) is 5.58. The van der Waals surface area contributed by atoms with Crippen LogP contribution in [0.15, 0.2) is 35.7 Å². The molecule has 26 heavy (non-hydrogen) atoms. The fourth-order valence-corrected chi connectivity index (χ4v) is 4.98. The summed E-state index contributed by atoms with van der Waals surface area (Å²) in [5.41, 5.74) is 1.99. The average Bonchev–Trinajstić information content (AvgIpc) is 2.97. The Bertz CT molecular complexity index is 758. The molecule has 0 spiro atoms. The van der Waals surface area contributed by atoms with Gasteiger partial charge in [0.1, 0.15) is 5.69 Å². The number of fused-ring (bicyclic) bond motifs is 4. The Kier molecular flexibility index (Phi) is 5.09. The first kappa shape index (κ1) is 17.7. The largest absolute Gasteiger partial charge is 0.335 e. The first-order valence-corrected chi connectivity index (χ1v) is 10.5. The third kappa shape index (κ3) is 3.69. The molecule has 0 N–H and O–H groups in total. The molecule has 4 heterocycles. The van der Waals surface area contributed by atoms with Crippen molar-refractivity contribution in [2.45, 2.75) is 45.2 Å². The van der Waals surface area contributed by atoms with Crippen molar-refractivity contribution < 1.29 is 4.79 Å². The fourth-order valence-electron chi connectivity index (χ4n) is 4.17. The van der Waals surface area contributed by atoms with Crippen LogP contribution in [0.2, 0.25) is 0 Å². The van der Waals surface area contributed by atoms with Crippen molar-refractivity contribution in [1.29, 1.82) is 0 Å². The van der Waals surface area contributed by atoms with Gasteiger partial charge in [-0.25, -0.2) is 4.98 Å². The van der Waals surface area contributed by atoms with Gasteiger partial charge in [-0.2, -0.15) is 0 Å². The second-order valence-corrected chi connectivity index (χ2v) is 8.84. The van der Waals surface area contributed by atoms with Crippen LogP contribution in [0.25, 0.3) is 0 Å². The van der Waals surface area contributed by atoms with Crippen LogP contribution < -0.4 is 0 Å². The lowest BCUT2D eigenvalue weighted by atomic mass is 9.94. The van der Waals surface area contributed by atoms with E-state index in [2.05, 4.69) is 59.0 Å². The van der Waals surface area contributed by atoms with Crippen molar-refractivity contribution in [3.05, 3.63) is 52.0 Å². The summed E-state index contributed by atoms with van der Waals surface area (Å²) in [4.78, 5) is 22.3. The molecule has 2 bridgehead atoms. The maximum atomic E-state index is 13.0. The van der Waals surface area contributed by atoms with Crippen LogP contribution in [0.3, 0.4) is 0 Å². The lowest BCUT2D eigenvalue weighted by Crippen LogP contribution is -2.43. The molecule has 3 saturated heterocycles. The van der Waals surface area contributed by atoms with E-state index in [-0.39, 0.29) is 5.91 Å². The van der Waals surface area contributed by atoms with Crippen molar-refractivity contribution in [3.8, 4) is 0 Å². The van der Waals surface area contributed by atoms with Crippen LogP contribution >= 0.6 is 11.3 Å². The molecule has 2 aromatic rings. The molecule has 0 aliphatic carbocycles. The summed E-state index contributed by atoms with van der Waals surface area (Å²) in [6.45, 7) is 8.03. The first-order chi connectivity index (χ1) is 12.6. The summed E-state index contributed by atoms with van der Waals surface area (Å²) in [7, 11) is 0. The van der Waals surface area contributed by atoms with E-state index in [0.717, 1.165) is 31.2 Å². The predicted molar refractivity (Wildman–Crippen MR) is 105 cm³/mol. The summed E-state index contributed by atoms with van der Waals surface area (Å²) in [6.07, 6.45) is 2.42. The van der Waals surface area contributed by atoms with Crippen molar-refractivity contribution >= 4 is 17.2 Å². The number of carbonyl (C=O) groups is 1. The number of benzene rings is 1. The van der Waals surface area contributed by atoms with E-state index in [1.54, 1.807) is 11.3 Å². The molecule has 4 nitrogen and oxygen atoms in total. The van der Waals surface area contributed by atoms with E-state index in [4.69, 9.17) is 0 Å². The summed E-state index contributed by atoms with van der Waals surface area (Å²) in [6, 6.07) is 11.1. The molecule has 3 fully saturated rings. The number of aromatic nitrogens is 1. The molecule has 3 aliphatic heterocycles. The number of piperidine rings is 1. The van der Waals surface area contributed by atoms with E-state index in [1.807, 2.05) is 5.38 Å². The quantitative estimate of drug-likeness (QED) is 0.817. The number of carbonyl (C=O) groups excluding carboxylic acids is 1. The van der Waals surface area contributed by atoms with Gasteiger partial charge in [0, 0.05) is 43.5 Å². The summed E-state index contributed by atoms with van der Waals surface area (Å²) >= 11 is 1.61. The van der Waals surface area contributed by atoms with Crippen molar-refractivity contribution in [2.75, 3.05) is 19.6 Å². The lowest BCUT2D eigenvalue weighted by Gasteiger charge is -2.36. The molecule has 3 aliphatic rings. The van der Waals surface area contributed by atoms with Crippen LogP contribution in [0, 0.1) is 5.92 Å². The number of hydrogen-bond donors (Lipinski definition) is 0. The van der Waals surface area contributed by atoms with E-state index >= 15 is 0 Å². The summed E-state index contributed by atoms with van der Waals surface area (Å²) in [5, 5.41) is 2.99.